The maximum Gasteiger partial charge on any atom is 0.167 e. The van der Waals surface area contributed by atoms with Gasteiger partial charge in [-0.3, -0.25) is 4.79 Å². The number of hydrogen-bond acceptors (Lipinski definition) is 2. The monoisotopic (exact) mass is 232 g/mol. The molecule has 2 heteroatoms. The van der Waals surface area contributed by atoms with E-state index in [1.165, 1.54) is 0 Å². The number of aryl methyl sites for hydroxylation is 1. The van der Waals surface area contributed by atoms with Crippen LogP contribution in [0.2, 0.25) is 0 Å². The summed E-state index contributed by atoms with van der Waals surface area (Å²) >= 11 is 0. The predicted molar refractivity (Wildman–Crippen MR) is 68.6 cm³/mol. The number of ketones is 1. The molecule has 0 bridgehead atoms. The molecule has 2 rings (SSSR count). The molecule has 0 saturated carbocycles. The largest absolute Gasteiger partial charge is 0.493 e. The Hall–Kier alpha value is -1.31. The van der Waals surface area contributed by atoms with Crippen LogP contribution < -0.4 is 4.74 Å². The number of fused-ring (bicyclic) bond motifs is 1. The average molecular weight is 232 g/mol. The highest BCUT2D eigenvalue weighted by Crippen LogP contribution is 2.30. The Balaban J connectivity index is 2.24. The van der Waals surface area contributed by atoms with Crippen molar-refractivity contribution in [2.24, 2.45) is 11.8 Å². The van der Waals surface area contributed by atoms with Gasteiger partial charge >= 0.3 is 0 Å². The molecule has 17 heavy (non-hydrogen) atoms. The summed E-state index contributed by atoms with van der Waals surface area (Å²) in [5.41, 5.74) is 1.82. The average Bonchev–Trinajstić information content (AvgIpc) is 2.38. The molecule has 1 heterocycles. The molecule has 0 aromatic heterocycles. The lowest BCUT2D eigenvalue weighted by atomic mass is 9.91. The Kier molecular flexibility index (Phi) is 3.51. The summed E-state index contributed by atoms with van der Waals surface area (Å²) in [5.74, 6) is 1.97. The fraction of sp³-hybridized carbons (Fsp3) is 0.533. The third-order valence-corrected chi connectivity index (χ3v) is 3.27. The molecule has 2 nitrogen and oxygen atoms in total. The van der Waals surface area contributed by atoms with E-state index in [0.717, 1.165) is 23.3 Å². The molecule has 0 aliphatic carbocycles. The first-order chi connectivity index (χ1) is 8.08. The van der Waals surface area contributed by atoms with Crippen molar-refractivity contribution in [3.63, 3.8) is 0 Å². The highest BCUT2D eigenvalue weighted by molar-refractivity contribution is 6.00. The lowest BCUT2D eigenvalue weighted by Gasteiger charge is -2.15. The van der Waals surface area contributed by atoms with Crippen molar-refractivity contribution in [1.29, 1.82) is 0 Å². The fourth-order valence-corrected chi connectivity index (χ4v) is 2.57. The van der Waals surface area contributed by atoms with Crippen LogP contribution in [-0.4, -0.2) is 12.4 Å². The molecule has 0 saturated heterocycles. The van der Waals surface area contributed by atoms with E-state index in [4.69, 9.17) is 4.74 Å². The maximum absolute atomic E-state index is 12.2. The zero-order valence-corrected chi connectivity index (χ0v) is 10.8. The number of carbonyl (C=O) groups is 1. The van der Waals surface area contributed by atoms with Crippen LogP contribution in [0, 0.1) is 18.8 Å². The van der Waals surface area contributed by atoms with Crippen molar-refractivity contribution in [3.8, 4) is 5.75 Å². The van der Waals surface area contributed by atoms with Crippen LogP contribution in [0.4, 0.5) is 0 Å². The minimum absolute atomic E-state index is 0.237. The number of benzene rings is 1. The van der Waals surface area contributed by atoms with Crippen LogP contribution in [0.15, 0.2) is 18.2 Å². The van der Waals surface area contributed by atoms with E-state index in [-0.39, 0.29) is 5.78 Å². The Morgan fingerprint density at radius 3 is 2.88 bits per heavy atom. The molecule has 1 aromatic carbocycles. The minimum Gasteiger partial charge on any atom is -0.493 e. The standard InChI is InChI=1S/C15H20O2/c1-10(2)7-12-8-13(16)15-11(3)5-4-6-14(15)17-9-12/h4-6,10,12H,7-9H2,1-3H3/t12-/m1/s1. The van der Waals surface area contributed by atoms with E-state index in [1.807, 2.05) is 25.1 Å². The fourth-order valence-electron chi connectivity index (χ4n) is 2.57. The number of carbonyl (C=O) groups excluding carboxylic acids is 1. The third kappa shape index (κ3) is 2.68. The Bertz CT molecular complexity index is 421. The van der Waals surface area contributed by atoms with Crippen LogP contribution in [0.5, 0.6) is 5.75 Å². The quantitative estimate of drug-likeness (QED) is 0.778. The second kappa shape index (κ2) is 4.91. The van der Waals surface area contributed by atoms with E-state index in [0.29, 0.717) is 24.9 Å². The lowest BCUT2D eigenvalue weighted by Crippen LogP contribution is -2.14. The first-order valence-corrected chi connectivity index (χ1v) is 6.33. The predicted octanol–water partition coefficient (Wildman–Crippen LogP) is 3.62. The molecule has 1 aliphatic heterocycles. The van der Waals surface area contributed by atoms with Crippen molar-refractivity contribution in [2.45, 2.75) is 33.6 Å². The van der Waals surface area contributed by atoms with Gasteiger partial charge in [0.25, 0.3) is 0 Å². The van der Waals surface area contributed by atoms with E-state index in [9.17, 15) is 4.79 Å². The number of ether oxygens (including phenoxy) is 1. The molecule has 0 amide bonds. The molecule has 0 spiro atoms. The lowest BCUT2D eigenvalue weighted by molar-refractivity contribution is 0.0954. The summed E-state index contributed by atoms with van der Waals surface area (Å²) in [5, 5.41) is 0. The van der Waals surface area contributed by atoms with Gasteiger partial charge in [-0.1, -0.05) is 26.0 Å². The van der Waals surface area contributed by atoms with Crippen molar-refractivity contribution in [2.75, 3.05) is 6.61 Å². The summed E-state index contributed by atoms with van der Waals surface area (Å²) < 4.78 is 5.79. The zero-order chi connectivity index (χ0) is 12.4. The summed E-state index contributed by atoms with van der Waals surface area (Å²) in [6.07, 6.45) is 1.68. The first-order valence-electron chi connectivity index (χ1n) is 6.33. The molecular formula is C15H20O2. The second-order valence-electron chi connectivity index (χ2n) is 5.38. The van der Waals surface area contributed by atoms with Gasteiger partial charge in [-0.25, -0.2) is 0 Å². The minimum atomic E-state index is 0.237. The van der Waals surface area contributed by atoms with Gasteiger partial charge in [-0.05, 0) is 30.9 Å². The van der Waals surface area contributed by atoms with E-state index >= 15 is 0 Å². The topological polar surface area (TPSA) is 26.3 Å². The van der Waals surface area contributed by atoms with Crippen LogP contribution in [-0.2, 0) is 0 Å². The van der Waals surface area contributed by atoms with Gasteiger partial charge in [0.2, 0.25) is 0 Å². The van der Waals surface area contributed by atoms with Gasteiger partial charge in [0.05, 0.1) is 12.2 Å². The van der Waals surface area contributed by atoms with Crippen molar-refractivity contribution in [1.82, 2.24) is 0 Å². The van der Waals surface area contributed by atoms with Gasteiger partial charge in [0, 0.05) is 12.3 Å². The second-order valence-corrected chi connectivity index (χ2v) is 5.38. The van der Waals surface area contributed by atoms with Crippen molar-refractivity contribution in [3.05, 3.63) is 29.3 Å². The molecule has 92 valence electrons. The highest BCUT2D eigenvalue weighted by Gasteiger charge is 2.25. The summed E-state index contributed by atoms with van der Waals surface area (Å²) in [4.78, 5) is 12.2. The molecule has 0 unspecified atom stereocenters. The Morgan fingerprint density at radius 1 is 1.41 bits per heavy atom. The molecular weight excluding hydrogens is 212 g/mol. The molecule has 1 aliphatic rings. The smallest absolute Gasteiger partial charge is 0.167 e. The SMILES string of the molecule is Cc1cccc2c1C(=O)C[C@@H](CC(C)C)CO2. The van der Waals surface area contributed by atoms with Gasteiger partial charge in [-0.2, -0.15) is 0 Å². The van der Waals surface area contributed by atoms with Crippen LogP contribution in [0.25, 0.3) is 0 Å². The molecule has 0 fully saturated rings. The Morgan fingerprint density at radius 2 is 2.18 bits per heavy atom. The molecule has 0 N–H and O–H groups in total. The maximum atomic E-state index is 12.2. The van der Waals surface area contributed by atoms with Crippen LogP contribution in [0.3, 0.4) is 0 Å². The van der Waals surface area contributed by atoms with Crippen LogP contribution >= 0.6 is 0 Å². The Labute approximate surface area is 103 Å². The van der Waals surface area contributed by atoms with Gasteiger partial charge in [0.15, 0.2) is 5.78 Å². The molecule has 1 aromatic rings. The van der Waals surface area contributed by atoms with Crippen molar-refractivity contribution >= 4 is 5.78 Å². The summed E-state index contributed by atoms with van der Waals surface area (Å²) in [7, 11) is 0. The molecule has 1 atom stereocenters. The van der Waals surface area contributed by atoms with E-state index < -0.39 is 0 Å². The molecule has 0 radical (unpaired) electrons. The normalized spacial score (nSPS) is 19.8. The first kappa shape index (κ1) is 12.2. The van der Waals surface area contributed by atoms with Gasteiger partial charge in [0.1, 0.15) is 5.75 Å². The van der Waals surface area contributed by atoms with Gasteiger partial charge in [-0.15, -0.1) is 0 Å². The summed E-state index contributed by atoms with van der Waals surface area (Å²) in [6, 6.07) is 5.82. The van der Waals surface area contributed by atoms with Crippen LogP contribution in [0.1, 0.15) is 42.6 Å². The highest BCUT2D eigenvalue weighted by atomic mass is 16.5. The third-order valence-electron chi connectivity index (χ3n) is 3.27. The number of Topliss-reactive ketones (excluding diaryl/α,β-unsaturated/α-hetero) is 1. The number of rotatable bonds is 2. The van der Waals surface area contributed by atoms with Gasteiger partial charge < -0.3 is 4.74 Å². The summed E-state index contributed by atoms with van der Waals surface area (Å²) in [6.45, 7) is 7.02. The van der Waals surface area contributed by atoms with E-state index in [1.54, 1.807) is 0 Å². The van der Waals surface area contributed by atoms with E-state index in [2.05, 4.69) is 13.8 Å². The van der Waals surface area contributed by atoms with Crippen molar-refractivity contribution < 1.29 is 9.53 Å². The zero-order valence-electron chi connectivity index (χ0n) is 10.8. The number of hydrogen-bond donors (Lipinski definition) is 0.